The lowest BCUT2D eigenvalue weighted by atomic mass is 10.0. The first-order valence-electron chi connectivity index (χ1n) is 6.61. The molecule has 2 aromatic carbocycles. The lowest BCUT2D eigenvalue weighted by molar-refractivity contribution is -0.120. The van der Waals surface area contributed by atoms with Crippen molar-refractivity contribution >= 4 is 5.91 Å². The first-order valence-corrected chi connectivity index (χ1v) is 6.61. The normalized spacial score (nSPS) is 11.8. The number of amides is 1. The van der Waals surface area contributed by atoms with Crippen LogP contribution in [0, 0.1) is 0 Å². The van der Waals surface area contributed by atoms with E-state index < -0.39 is 0 Å². The molecule has 0 unspecified atom stereocenters. The first-order chi connectivity index (χ1) is 9.25. The van der Waals surface area contributed by atoms with E-state index in [0.717, 1.165) is 5.56 Å². The molecule has 98 valence electrons. The molecule has 2 aromatic rings. The lowest BCUT2D eigenvalue weighted by Gasteiger charge is -2.13. The van der Waals surface area contributed by atoms with Crippen molar-refractivity contribution in [2.24, 2.45) is 0 Å². The lowest BCUT2D eigenvalue weighted by Crippen LogP contribution is -2.28. The minimum atomic E-state index is 0.0778. The number of hydrogen-bond donors (Lipinski definition) is 1. The molecule has 0 saturated heterocycles. The average Bonchev–Trinajstić information content (AvgIpc) is 2.47. The van der Waals surface area contributed by atoms with Crippen molar-refractivity contribution in [1.82, 2.24) is 5.32 Å². The molecule has 19 heavy (non-hydrogen) atoms. The second-order valence-corrected chi connectivity index (χ2v) is 4.78. The molecule has 2 heteroatoms. The van der Waals surface area contributed by atoms with E-state index in [9.17, 15) is 4.79 Å². The number of hydrogen-bond acceptors (Lipinski definition) is 1. The number of carbonyl (C=O) groups excluding carboxylic acids is 1. The Bertz CT molecular complexity index is 507. The van der Waals surface area contributed by atoms with Gasteiger partial charge in [0.25, 0.3) is 0 Å². The van der Waals surface area contributed by atoms with Crippen LogP contribution in [0.1, 0.15) is 24.0 Å². The van der Waals surface area contributed by atoms with Gasteiger partial charge in [-0.3, -0.25) is 4.79 Å². The highest BCUT2D eigenvalue weighted by Crippen LogP contribution is 2.13. The van der Waals surface area contributed by atoms with Gasteiger partial charge in [0.15, 0.2) is 0 Å². The Morgan fingerprint density at radius 2 is 1.58 bits per heavy atom. The van der Waals surface area contributed by atoms with Crippen LogP contribution < -0.4 is 5.32 Å². The van der Waals surface area contributed by atoms with Gasteiger partial charge in [0.2, 0.25) is 5.91 Å². The van der Waals surface area contributed by atoms with Crippen LogP contribution in [0.2, 0.25) is 0 Å². The van der Waals surface area contributed by atoms with Crippen LogP contribution in [-0.2, 0) is 11.2 Å². The molecule has 0 aliphatic carbocycles. The van der Waals surface area contributed by atoms with Gasteiger partial charge in [0.05, 0.1) is 6.42 Å². The van der Waals surface area contributed by atoms with E-state index in [1.807, 2.05) is 48.5 Å². The molecule has 0 aliphatic rings. The maximum atomic E-state index is 11.8. The maximum Gasteiger partial charge on any atom is 0.224 e. The van der Waals surface area contributed by atoms with Crippen molar-refractivity contribution in [3.8, 4) is 0 Å². The van der Waals surface area contributed by atoms with Gasteiger partial charge < -0.3 is 5.32 Å². The fourth-order valence-electron chi connectivity index (χ4n) is 2.01. The van der Waals surface area contributed by atoms with Crippen LogP contribution in [0.15, 0.2) is 60.7 Å². The predicted molar refractivity (Wildman–Crippen MR) is 78.0 cm³/mol. The van der Waals surface area contributed by atoms with E-state index in [0.29, 0.717) is 18.9 Å². The summed E-state index contributed by atoms with van der Waals surface area (Å²) in [7, 11) is 0. The van der Waals surface area contributed by atoms with Crippen molar-refractivity contribution in [3.05, 3.63) is 71.8 Å². The molecule has 0 bridgehead atoms. The summed E-state index contributed by atoms with van der Waals surface area (Å²) < 4.78 is 0. The molecular weight excluding hydrogens is 234 g/mol. The molecular formula is C17H19NO. The second-order valence-electron chi connectivity index (χ2n) is 4.78. The predicted octanol–water partition coefficient (Wildman–Crippen LogP) is 3.15. The summed E-state index contributed by atoms with van der Waals surface area (Å²) in [6.45, 7) is 2.80. The molecule has 1 amide bonds. The summed E-state index contributed by atoms with van der Waals surface area (Å²) in [6, 6.07) is 20.0. The van der Waals surface area contributed by atoms with E-state index in [-0.39, 0.29) is 5.91 Å². The van der Waals surface area contributed by atoms with Gasteiger partial charge in [0.1, 0.15) is 0 Å². The average molecular weight is 253 g/mol. The third kappa shape index (κ3) is 4.25. The monoisotopic (exact) mass is 253 g/mol. The van der Waals surface area contributed by atoms with Crippen LogP contribution in [0.4, 0.5) is 0 Å². The van der Waals surface area contributed by atoms with Crippen LogP contribution in [0.5, 0.6) is 0 Å². The van der Waals surface area contributed by atoms with E-state index in [4.69, 9.17) is 0 Å². The molecule has 0 saturated carbocycles. The molecule has 0 aliphatic heterocycles. The fraction of sp³-hybridized carbons (Fsp3) is 0.235. The van der Waals surface area contributed by atoms with Gasteiger partial charge in [-0.25, -0.2) is 0 Å². The van der Waals surface area contributed by atoms with Gasteiger partial charge in [-0.05, 0) is 17.0 Å². The topological polar surface area (TPSA) is 29.1 Å². The number of benzene rings is 2. The third-order valence-corrected chi connectivity index (χ3v) is 3.18. The molecule has 0 spiro atoms. The maximum absolute atomic E-state index is 11.8. The number of nitrogens with one attached hydrogen (secondary N) is 1. The van der Waals surface area contributed by atoms with Crippen molar-refractivity contribution < 1.29 is 4.79 Å². The standard InChI is InChI=1S/C17H19NO/c1-14(16-10-6-3-7-11-16)13-18-17(19)12-15-8-4-2-5-9-15/h2-11,14H,12-13H2,1H3,(H,18,19)/t14-/m0/s1. The smallest absolute Gasteiger partial charge is 0.224 e. The third-order valence-electron chi connectivity index (χ3n) is 3.18. The summed E-state index contributed by atoms with van der Waals surface area (Å²) in [5.74, 6) is 0.412. The quantitative estimate of drug-likeness (QED) is 0.871. The summed E-state index contributed by atoms with van der Waals surface area (Å²) in [5.41, 5.74) is 2.30. The van der Waals surface area contributed by atoms with Crippen molar-refractivity contribution in [2.45, 2.75) is 19.3 Å². The van der Waals surface area contributed by atoms with Crippen LogP contribution in [0.3, 0.4) is 0 Å². The Hall–Kier alpha value is -2.09. The van der Waals surface area contributed by atoms with Gasteiger partial charge in [-0.2, -0.15) is 0 Å². The summed E-state index contributed by atoms with van der Waals surface area (Å²) in [4.78, 5) is 11.8. The highest BCUT2D eigenvalue weighted by molar-refractivity contribution is 5.78. The highest BCUT2D eigenvalue weighted by Gasteiger charge is 2.07. The van der Waals surface area contributed by atoms with E-state index >= 15 is 0 Å². The second kappa shape index (κ2) is 6.74. The Balaban J connectivity index is 1.81. The highest BCUT2D eigenvalue weighted by atomic mass is 16.1. The molecule has 2 nitrogen and oxygen atoms in total. The molecule has 0 aromatic heterocycles. The van der Waals surface area contributed by atoms with E-state index in [1.165, 1.54) is 5.56 Å². The molecule has 0 heterocycles. The van der Waals surface area contributed by atoms with Gasteiger partial charge >= 0.3 is 0 Å². The van der Waals surface area contributed by atoms with E-state index in [2.05, 4.69) is 24.4 Å². The Kier molecular flexibility index (Phi) is 4.73. The Labute approximate surface area is 114 Å². The van der Waals surface area contributed by atoms with Crippen LogP contribution in [-0.4, -0.2) is 12.5 Å². The minimum Gasteiger partial charge on any atom is -0.355 e. The fourth-order valence-corrected chi connectivity index (χ4v) is 2.01. The van der Waals surface area contributed by atoms with Crippen LogP contribution in [0.25, 0.3) is 0 Å². The van der Waals surface area contributed by atoms with Crippen molar-refractivity contribution in [2.75, 3.05) is 6.54 Å². The number of carbonyl (C=O) groups is 1. The summed E-state index contributed by atoms with van der Waals surface area (Å²) in [5, 5.41) is 2.99. The van der Waals surface area contributed by atoms with Crippen molar-refractivity contribution in [1.29, 1.82) is 0 Å². The Morgan fingerprint density at radius 1 is 1.00 bits per heavy atom. The van der Waals surface area contributed by atoms with E-state index in [1.54, 1.807) is 0 Å². The summed E-state index contributed by atoms with van der Waals surface area (Å²) in [6.07, 6.45) is 0.447. The SMILES string of the molecule is C[C@@H](CNC(=O)Cc1ccccc1)c1ccccc1. The largest absolute Gasteiger partial charge is 0.355 e. The van der Waals surface area contributed by atoms with Gasteiger partial charge in [0, 0.05) is 6.54 Å². The molecule has 0 radical (unpaired) electrons. The molecule has 1 atom stereocenters. The molecule has 1 N–H and O–H groups in total. The summed E-state index contributed by atoms with van der Waals surface area (Å²) >= 11 is 0. The number of rotatable bonds is 5. The molecule has 0 fully saturated rings. The first kappa shape index (κ1) is 13.3. The zero-order valence-corrected chi connectivity index (χ0v) is 11.2. The Morgan fingerprint density at radius 3 is 2.21 bits per heavy atom. The van der Waals surface area contributed by atoms with Crippen molar-refractivity contribution in [3.63, 3.8) is 0 Å². The van der Waals surface area contributed by atoms with Gasteiger partial charge in [-0.15, -0.1) is 0 Å². The minimum absolute atomic E-state index is 0.0778. The zero-order chi connectivity index (χ0) is 13.5. The molecule has 2 rings (SSSR count). The van der Waals surface area contributed by atoms with Gasteiger partial charge in [-0.1, -0.05) is 67.6 Å². The van der Waals surface area contributed by atoms with Crippen LogP contribution >= 0.6 is 0 Å². The zero-order valence-electron chi connectivity index (χ0n) is 11.2.